The fourth-order valence-electron chi connectivity index (χ4n) is 3.46. The topological polar surface area (TPSA) is 32.3 Å². The molecule has 1 atom stereocenters. The van der Waals surface area contributed by atoms with Gasteiger partial charge >= 0.3 is 0 Å². The van der Waals surface area contributed by atoms with Crippen molar-refractivity contribution in [1.29, 1.82) is 0 Å². The SMILES string of the molecule is CCc1ccc(CCCc2cccc(CC3NC(=O)CN3C)c2)cc1. The van der Waals surface area contributed by atoms with Crippen molar-refractivity contribution in [3.05, 3.63) is 70.8 Å². The highest BCUT2D eigenvalue weighted by Crippen LogP contribution is 2.14. The third-order valence-electron chi connectivity index (χ3n) is 5.04. The molecule has 1 aliphatic heterocycles. The molecule has 0 spiro atoms. The van der Waals surface area contributed by atoms with E-state index in [4.69, 9.17) is 0 Å². The van der Waals surface area contributed by atoms with Crippen LogP contribution in [0.5, 0.6) is 0 Å². The van der Waals surface area contributed by atoms with Crippen LogP contribution in [0.1, 0.15) is 35.6 Å². The average Bonchev–Trinajstić information content (AvgIpc) is 2.93. The molecule has 3 heteroatoms. The Morgan fingerprint density at radius 2 is 1.68 bits per heavy atom. The monoisotopic (exact) mass is 336 g/mol. The summed E-state index contributed by atoms with van der Waals surface area (Å²) in [7, 11) is 2.00. The number of carbonyl (C=O) groups excluding carboxylic acids is 1. The molecule has 1 fully saturated rings. The second-order valence-electron chi connectivity index (χ2n) is 7.05. The Morgan fingerprint density at radius 1 is 1.00 bits per heavy atom. The van der Waals surface area contributed by atoms with E-state index >= 15 is 0 Å². The highest BCUT2D eigenvalue weighted by Gasteiger charge is 2.26. The Balaban J connectivity index is 1.52. The van der Waals surface area contributed by atoms with Gasteiger partial charge in [0.15, 0.2) is 0 Å². The molecule has 1 heterocycles. The van der Waals surface area contributed by atoms with Crippen LogP contribution >= 0.6 is 0 Å². The summed E-state index contributed by atoms with van der Waals surface area (Å²) in [4.78, 5) is 13.6. The molecule has 2 aromatic rings. The molecule has 1 N–H and O–H groups in total. The first kappa shape index (κ1) is 17.7. The minimum absolute atomic E-state index is 0.123. The van der Waals surface area contributed by atoms with E-state index in [-0.39, 0.29) is 12.1 Å². The van der Waals surface area contributed by atoms with Gasteiger partial charge in [-0.25, -0.2) is 0 Å². The van der Waals surface area contributed by atoms with E-state index < -0.39 is 0 Å². The maximum atomic E-state index is 11.5. The highest BCUT2D eigenvalue weighted by molar-refractivity contribution is 5.80. The molecular weight excluding hydrogens is 308 g/mol. The molecule has 0 radical (unpaired) electrons. The van der Waals surface area contributed by atoms with Gasteiger partial charge in [0.2, 0.25) is 5.91 Å². The van der Waals surface area contributed by atoms with Crippen LogP contribution in [-0.2, 0) is 30.5 Å². The lowest BCUT2D eigenvalue weighted by atomic mass is 10.00. The number of carbonyl (C=O) groups is 1. The number of hydrogen-bond donors (Lipinski definition) is 1. The largest absolute Gasteiger partial charge is 0.339 e. The number of hydrogen-bond acceptors (Lipinski definition) is 2. The fraction of sp³-hybridized carbons (Fsp3) is 0.409. The van der Waals surface area contributed by atoms with Crippen molar-refractivity contribution in [3.8, 4) is 0 Å². The van der Waals surface area contributed by atoms with E-state index in [9.17, 15) is 4.79 Å². The van der Waals surface area contributed by atoms with Crippen molar-refractivity contribution in [2.24, 2.45) is 0 Å². The number of nitrogens with zero attached hydrogens (tertiary/aromatic N) is 1. The average molecular weight is 336 g/mol. The van der Waals surface area contributed by atoms with E-state index in [0.29, 0.717) is 6.54 Å². The molecule has 0 aromatic heterocycles. The number of rotatable bonds is 7. The van der Waals surface area contributed by atoms with E-state index in [1.165, 1.54) is 22.3 Å². The summed E-state index contributed by atoms with van der Waals surface area (Å²) in [5.74, 6) is 0.123. The molecule has 25 heavy (non-hydrogen) atoms. The lowest BCUT2D eigenvalue weighted by Crippen LogP contribution is -2.35. The molecule has 0 aliphatic carbocycles. The van der Waals surface area contributed by atoms with Gasteiger partial charge in [-0.05, 0) is 55.0 Å². The van der Waals surface area contributed by atoms with Crippen molar-refractivity contribution < 1.29 is 4.79 Å². The second kappa shape index (κ2) is 8.30. The van der Waals surface area contributed by atoms with Crippen molar-refractivity contribution in [3.63, 3.8) is 0 Å². The van der Waals surface area contributed by atoms with Gasteiger partial charge in [0, 0.05) is 6.42 Å². The lowest BCUT2D eigenvalue weighted by molar-refractivity contribution is -0.118. The summed E-state index contributed by atoms with van der Waals surface area (Å²) in [6.07, 6.45) is 5.47. The quantitative estimate of drug-likeness (QED) is 0.841. The molecule has 132 valence electrons. The van der Waals surface area contributed by atoms with Crippen molar-refractivity contribution >= 4 is 5.91 Å². The summed E-state index contributed by atoms with van der Waals surface area (Å²) < 4.78 is 0. The molecule has 3 rings (SSSR count). The number of nitrogens with one attached hydrogen (secondary N) is 1. The van der Waals surface area contributed by atoms with Crippen molar-refractivity contribution in [1.82, 2.24) is 10.2 Å². The zero-order valence-corrected chi connectivity index (χ0v) is 15.3. The first-order valence-electron chi connectivity index (χ1n) is 9.29. The summed E-state index contributed by atoms with van der Waals surface area (Å²) in [5, 5.41) is 3.03. The Kier molecular flexibility index (Phi) is 5.87. The maximum absolute atomic E-state index is 11.5. The van der Waals surface area contributed by atoms with Crippen LogP contribution < -0.4 is 5.32 Å². The molecule has 0 bridgehead atoms. The molecule has 1 unspecified atom stereocenters. The van der Waals surface area contributed by atoms with Gasteiger partial charge in [0.25, 0.3) is 0 Å². The zero-order valence-electron chi connectivity index (χ0n) is 15.3. The van der Waals surface area contributed by atoms with Gasteiger partial charge in [-0.1, -0.05) is 55.5 Å². The van der Waals surface area contributed by atoms with Crippen LogP contribution in [0.2, 0.25) is 0 Å². The molecular formula is C22H28N2O. The normalized spacial score (nSPS) is 17.7. The van der Waals surface area contributed by atoms with Crippen molar-refractivity contribution in [2.45, 2.75) is 45.2 Å². The molecule has 1 aliphatic rings. The maximum Gasteiger partial charge on any atom is 0.235 e. The standard InChI is InChI=1S/C22H28N2O/c1-3-17-10-12-18(13-11-17)6-4-7-19-8-5-9-20(14-19)15-21-23-22(25)16-24(21)2/h5,8-14,21H,3-4,6-7,15-16H2,1-2H3,(H,23,25). The van der Waals surface area contributed by atoms with Crippen molar-refractivity contribution in [2.75, 3.05) is 13.6 Å². The Labute approximate surface area is 151 Å². The number of benzene rings is 2. The van der Waals surface area contributed by atoms with Crippen LogP contribution in [0, 0.1) is 0 Å². The van der Waals surface area contributed by atoms with Crippen LogP contribution in [0.3, 0.4) is 0 Å². The number of amides is 1. The van der Waals surface area contributed by atoms with E-state index in [1.807, 2.05) is 7.05 Å². The van der Waals surface area contributed by atoms with Gasteiger partial charge in [0.1, 0.15) is 0 Å². The summed E-state index contributed by atoms with van der Waals surface area (Å²) in [6, 6.07) is 17.8. The van der Waals surface area contributed by atoms with Crippen LogP contribution in [0.4, 0.5) is 0 Å². The number of likely N-dealkylation sites (N-methyl/N-ethyl adjacent to an activating group) is 1. The second-order valence-corrected chi connectivity index (χ2v) is 7.05. The lowest BCUT2D eigenvalue weighted by Gasteiger charge is -2.18. The molecule has 1 amide bonds. The first-order chi connectivity index (χ1) is 12.1. The fourth-order valence-corrected chi connectivity index (χ4v) is 3.46. The third kappa shape index (κ3) is 4.93. The van der Waals surface area contributed by atoms with Gasteiger partial charge < -0.3 is 5.32 Å². The highest BCUT2D eigenvalue weighted by atomic mass is 16.2. The van der Waals surface area contributed by atoms with E-state index in [0.717, 1.165) is 32.1 Å². The van der Waals surface area contributed by atoms with Gasteiger partial charge in [-0.15, -0.1) is 0 Å². The molecule has 1 saturated heterocycles. The third-order valence-corrected chi connectivity index (χ3v) is 5.04. The minimum atomic E-state index is 0.123. The van der Waals surface area contributed by atoms with E-state index in [1.54, 1.807) is 0 Å². The van der Waals surface area contributed by atoms with Crippen LogP contribution in [0.25, 0.3) is 0 Å². The zero-order chi connectivity index (χ0) is 17.6. The van der Waals surface area contributed by atoms with Gasteiger partial charge in [-0.3, -0.25) is 9.69 Å². The summed E-state index contributed by atoms with van der Waals surface area (Å²) >= 11 is 0. The smallest absolute Gasteiger partial charge is 0.235 e. The van der Waals surface area contributed by atoms with E-state index in [2.05, 4.69) is 65.7 Å². The Hall–Kier alpha value is -2.13. The van der Waals surface area contributed by atoms with Crippen LogP contribution in [0.15, 0.2) is 48.5 Å². The van der Waals surface area contributed by atoms with Gasteiger partial charge in [-0.2, -0.15) is 0 Å². The summed E-state index contributed by atoms with van der Waals surface area (Å²) in [5.41, 5.74) is 5.50. The molecule has 3 nitrogen and oxygen atoms in total. The van der Waals surface area contributed by atoms with Crippen LogP contribution in [-0.4, -0.2) is 30.6 Å². The predicted molar refractivity (Wildman–Crippen MR) is 103 cm³/mol. The Morgan fingerprint density at radius 3 is 2.36 bits per heavy atom. The first-order valence-corrected chi connectivity index (χ1v) is 9.29. The summed E-state index contributed by atoms with van der Waals surface area (Å²) in [6.45, 7) is 2.69. The van der Waals surface area contributed by atoms with Gasteiger partial charge in [0.05, 0.1) is 12.7 Å². The molecule has 2 aromatic carbocycles. The predicted octanol–water partition coefficient (Wildman–Crippen LogP) is 3.35. The Bertz CT molecular complexity index is 708. The number of aryl methyl sites for hydroxylation is 3. The minimum Gasteiger partial charge on any atom is -0.339 e. The molecule has 0 saturated carbocycles.